The van der Waals surface area contributed by atoms with Gasteiger partial charge in [-0.2, -0.15) is 10.6 Å². The zero-order valence-corrected chi connectivity index (χ0v) is 22.7. The molecule has 1 aliphatic rings. The first kappa shape index (κ1) is 27.7. The fourth-order valence-electron chi connectivity index (χ4n) is 4.58. The summed E-state index contributed by atoms with van der Waals surface area (Å²) in [6.45, 7) is 4.92. The highest BCUT2D eigenvalue weighted by molar-refractivity contribution is 8.24. The lowest BCUT2D eigenvalue weighted by Crippen LogP contribution is -2.37. The maximum Gasteiger partial charge on any atom is 0.326 e. The Labute approximate surface area is 214 Å². The van der Waals surface area contributed by atoms with Gasteiger partial charge in [-0.1, -0.05) is 44.9 Å². The van der Waals surface area contributed by atoms with Gasteiger partial charge in [0.15, 0.2) is 0 Å². The van der Waals surface area contributed by atoms with Crippen LogP contribution in [-0.4, -0.2) is 53.4 Å². The van der Waals surface area contributed by atoms with Crippen LogP contribution in [0.15, 0.2) is 52.3 Å². The van der Waals surface area contributed by atoms with Gasteiger partial charge in [0.1, 0.15) is 18.4 Å². The van der Waals surface area contributed by atoms with Crippen molar-refractivity contribution in [1.82, 2.24) is 0 Å². The number of nitrogens with zero attached hydrogens (tertiary/aromatic N) is 1. The number of para-hydroxylation sites is 1. The van der Waals surface area contributed by atoms with E-state index >= 15 is 0 Å². The number of rotatable bonds is 10. The molecule has 0 aromatic heterocycles. The summed E-state index contributed by atoms with van der Waals surface area (Å²) in [4.78, 5) is 15.3. The van der Waals surface area contributed by atoms with Crippen molar-refractivity contribution in [3.63, 3.8) is 0 Å². The minimum absolute atomic E-state index is 0.0734. The number of hydrogen-bond acceptors (Lipinski definition) is 8. The highest BCUT2D eigenvalue weighted by Gasteiger charge is 2.42. The first-order valence-electron chi connectivity index (χ1n) is 12.0. The van der Waals surface area contributed by atoms with E-state index in [1.165, 1.54) is 18.9 Å². The van der Waals surface area contributed by atoms with Gasteiger partial charge in [0, 0.05) is 29.5 Å². The van der Waals surface area contributed by atoms with E-state index in [0.717, 1.165) is 42.0 Å². The van der Waals surface area contributed by atoms with Crippen LogP contribution in [0.3, 0.4) is 0 Å². The quantitative estimate of drug-likeness (QED) is 0.253. The summed E-state index contributed by atoms with van der Waals surface area (Å²) < 4.78 is 33.8. The van der Waals surface area contributed by atoms with Gasteiger partial charge in [-0.25, -0.2) is 0 Å². The van der Waals surface area contributed by atoms with Crippen LogP contribution >= 0.6 is 22.4 Å². The van der Waals surface area contributed by atoms with Crippen LogP contribution in [0.4, 0.5) is 11.4 Å². The van der Waals surface area contributed by atoms with Crippen LogP contribution in [0.25, 0.3) is 0 Å². The molecule has 2 aromatic rings. The maximum absolute atomic E-state index is 11.7. The number of ether oxygens (including phenoxy) is 2. The van der Waals surface area contributed by atoms with Gasteiger partial charge in [0.05, 0.1) is 22.6 Å². The van der Waals surface area contributed by atoms with E-state index in [1.54, 1.807) is 6.07 Å². The maximum atomic E-state index is 11.7. The number of nitrogens with two attached hydrogens (primary N) is 1. The second kappa shape index (κ2) is 11.9. The molecule has 2 aromatic carbocycles. The average Bonchev–Trinajstić information content (AvgIpc) is 2.97. The summed E-state index contributed by atoms with van der Waals surface area (Å²) in [6.07, 6.45) is 5.77. The number of thioether (sulfide) groups is 1. The van der Waals surface area contributed by atoms with Gasteiger partial charge >= 0.3 is 5.97 Å². The number of carbonyl (C=O) groups is 1. The predicted octanol–water partition coefficient (Wildman–Crippen LogP) is 6.14. The van der Waals surface area contributed by atoms with Crippen molar-refractivity contribution < 1.29 is 23.4 Å². The molecule has 2 atom stereocenters. The van der Waals surface area contributed by atoms with E-state index in [4.69, 9.17) is 15.2 Å². The minimum Gasteiger partial charge on any atom is -0.490 e. The molecule has 35 heavy (non-hydrogen) atoms. The number of methoxy groups -OCH3 is 1. The molecule has 0 fully saturated rings. The van der Waals surface area contributed by atoms with Crippen molar-refractivity contribution in [2.75, 3.05) is 37.2 Å². The third-order valence-electron chi connectivity index (χ3n) is 6.69. The molecular formula is C26H38N2O5S2. The second-order valence-electron chi connectivity index (χ2n) is 9.10. The van der Waals surface area contributed by atoms with Crippen LogP contribution < -0.4 is 15.4 Å². The number of unbranched alkanes of at least 4 members (excludes halogenated alkanes) is 1. The van der Waals surface area contributed by atoms with Gasteiger partial charge in [-0.05, 0) is 37.3 Å². The summed E-state index contributed by atoms with van der Waals surface area (Å²) in [5.74, 6) is 0.210. The van der Waals surface area contributed by atoms with E-state index in [-0.39, 0.29) is 12.0 Å². The monoisotopic (exact) mass is 522 g/mol. The third kappa shape index (κ3) is 6.27. The molecular weight excluding hydrogens is 484 g/mol. The zero-order chi connectivity index (χ0) is 25.6. The van der Waals surface area contributed by atoms with Crippen LogP contribution in [-0.2, 0) is 9.53 Å². The number of benzene rings is 2. The molecule has 7 nitrogen and oxygen atoms in total. The number of anilines is 2. The van der Waals surface area contributed by atoms with Crippen LogP contribution in [0.1, 0.15) is 39.5 Å². The number of carbonyl (C=O) groups excluding carboxylic acids is 1. The van der Waals surface area contributed by atoms with E-state index in [0.29, 0.717) is 22.9 Å². The SMILES string of the molecule is CCCCC1(CC)CN(c2ccccc2)c2cc(SC)c(OC[C@@H](N)C(=O)OC)cc2S(O)(O)C1. The Morgan fingerprint density at radius 2 is 1.97 bits per heavy atom. The number of esters is 1. The molecule has 9 heteroatoms. The van der Waals surface area contributed by atoms with Gasteiger partial charge in [-0.3, -0.25) is 13.9 Å². The molecule has 1 heterocycles. The Morgan fingerprint density at radius 3 is 2.57 bits per heavy atom. The number of hydrogen-bond donors (Lipinski definition) is 3. The van der Waals surface area contributed by atoms with Gasteiger partial charge < -0.3 is 20.1 Å². The summed E-state index contributed by atoms with van der Waals surface area (Å²) in [5.41, 5.74) is 7.40. The van der Waals surface area contributed by atoms with Crippen molar-refractivity contribution in [1.29, 1.82) is 0 Å². The molecule has 194 valence electrons. The van der Waals surface area contributed by atoms with E-state index in [1.807, 2.05) is 30.5 Å². The highest BCUT2D eigenvalue weighted by atomic mass is 32.3. The van der Waals surface area contributed by atoms with E-state index in [9.17, 15) is 13.9 Å². The fourth-order valence-corrected chi connectivity index (χ4v) is 7.38. The third-order valence-corrected chi connectivity index (χ3v) is 9.50. The lowest BCUT2D eigenvalue weighted by Gasteiger charge is -2.41. The van der Waals surface area contributed by atoms with Gasteiger partial charge in [-0.15, -0.1) is 11.8 Å². The normalized spacial score (nSPS) is 20.9. The minimum atomic E-state index is -3.13. The summed E-state index contributed by atoms with van der Waals surface area (Å²) in [6, 6.07) is 12.8. The molecule has 1 aliphatic heterocycles. The van der Waals surface area contributed by atoms with Crippen LogP contribution in [0, 0.1) is 5.41 Å². The van der Waals surface area contributed by atoms with Crippen LogP contribution in [0.2, 0.25) is 0 Å². The summed E-state index contributed by atoms with van der Waals surface area (Å²) >= 11 is 1.50. The van der Waals surface area contributed by atoms with Crippen LogP contribution in [0.5, 0.6) is 5.75 Å². The topological polar surface area (TPSA) is 105 Å². The van der Waals surface area contributed by atoms with E-state index in [2.05, 4.69) is 30.9 Å². The molecule has 0 radical (unpaired) electrons. The smallest absolute Gasteiger partial charge is 0.326 e. The van der Waals surface area contributed by atoms with E-state index < -0.39 is 22.6 Å². The molecule has 0 spiro atoms. The number of fused-ring (bicyclic) bond motifs is 1. The first-order valence-corrected chi connectivity index (χ1v) is 14.9. The fraction of sp³-hybridized carbons (Fsp3) is 0.500. The van der Waals surface area contributed by atoms with Crippen molar-refractivity contribution in [2.24, 2.45) is 11.1 Å². The Hall–Kier alpha value is -1.91. The molecule has 3 rings (SSSR count). The molecule has 0 saturated carbocycles. The molecule has 1 unspecified atom stereocenters. The van der Waals surface area contributed by atoms with Crippen molar-refractivity contribution in [3.8, 4) is 5.75 Å². The average molecular weight is 523 g/mol. The Bertz CT molecular complexity index is 1000. The van der Waals surface area contributed by atoms with Gasteiger partial charge in [0.25, 0.3) is 0 Å². The summed E-state index contributed by atoms with van der Waals surface area (Å²) in [7, 11) is -1.85. The first-order chi connectivity index (χ1) is 16.7. The lowest BCUT2D eigenvalue weighted by atomic mass is 9.81. The van der Waals surface area contributed by atoms with Crippen molar-refractivity contribution >= 4 is 39.7 Å². The highest BCUT2D eigenvalue weighted by Crippen LogP contribution is 2.62. The van der Waals surface area contributed by atoms with Crippen molar-refractivity contribution in [2.45, 2.75) is 55.4 Å². The van der Waals surface area contributed by atoms with Gasteiger partial charge in [0.2, 0.25) is 0 Å². The Balaban J connectivity index is 2.13. The predicted molar refractivity (Wildman–Crippen MR) is 145 cm³/mol. The standard InChI is InChI=1S/C26H38N2O5S2/c1-5-7-13-26(6-2)17-28(19-11-9-8-10-12-19)21-14-23(34-4)22(15-24(21)35(30,31)18-26)33-16-20(27)25(29)32-3/h8-12,14-15,20,30-31H,5-7,13,16-18,27H2,1-4H3/t20-,26?/m1/s1. The van der Waals surface area contributed by atoms with Crippen molar-refractivity contribution in [3.05, 3.63) is 42.5 Å². The largest absolute Gasteiger partial charge is 0.490 e. The second-order valence-corrected chi connectivity index (χ2v) is 12.0. The zero-order valence-electron chi connectivity index (χ0n) is 21.0. The molecule has 0 saturated heterocycles. The Kier molecular flexibility index (Phi) is 9.40. The molecule has 4 N–H and O–H groups in total. The Morgan fingerprint density at radius 1 is 1.26 bits per heavy atom. The molecule has 0 bridgehead atoms. The molecule has 0 amide bonds. The summed E-state index contributed by atoms with van der Waals surface area (Å²) in [5, 5.41) is 0. The molecule has 0 aliphatic carbocycles. The lowest BCUT2D eigenvalue weighted by molar-refractivity contribution is -0.142.